The van der Waals surface area contributed by atoms with Gasteiger partial charge in [0.1, 0.15) is 0 Å². The fourth-order valence-electron chi connectivity index (χ4n) is 2.17. The molecule has 2 rings (SSSR count). The summed E-state index contributed by atoms with van der Waals surface area (Å²) in [6.45, 7) is 1.60. The van der Waals surface area contributed by atoms with Gasteiger partial charge in [-0.25, -0.2) is 22.6 Å². The number of halogens is 1. The lowest BCUT2D eigenvalue weighted by atomic mass is 10.2. The summed E-state index contributed by atoms with van der Waals surface area (Å²) in [5, 5.41) is 3.53. The van der Waals surface area contributed by atoms with E-state index in [-0.39, 0.29) is 11.7 Å². The summed E-state index contributed by atoms with van der Waals surface area (Å²) in [6, 6.07) is 6.86. The summed E-state index contributed by atoms with van der Waals surface area (Å²) < 4.78 is 28.2. The van der Waals surface area contributed by atoms with E-state index in [1.54, 1.807) is 24.3 Å². The van der Waals surface area contributed by atoms with E-state index in [4.69, 9.17) is 17.4 Å². The molecule has 0 saturated heterocycles. The predicted molar refractivity (Wildman–Crippen MR) is 103 cm³/mol. The molecule has 1 heterocycles. The lowest BCUT2D eigenvalue weighted by Gasteiger charge is -2.13. The first kappa shape index (κ1) is 21.1. The maximum absolute atomic E-state index is 12.8. The van der Waals surface area contributed by atoms with E-state index in [2.05, 4.69) is 14.7 Å². The molecule has 10 nitrogen and oxygen atoms in total. The van der Waals surface area contributed by atoms with E-state index in [1.165, 1.54) is 16.3 Å². The summed E-state index contributed by atoms with van der Waals surface area (Å²) in [6.07, 6.45) is 0. The molecule has 27 heavy (non-hydrogen) atoms. The average molecular weight is 433 g/mol. The Balaban J connectivity index is 2.45. The van der Waals surface area contributed by atoms with Crippen LogP contribution in [-0.2, 0) is 23.1 Å². The molecule has 0 spiro atoms. The molecule has 0 unspecified atom stereocenters. The molecular weight excluding hydrogens is 416 g/mol. The van der Waals surface area contributed by atoms with Gasteiger partial charge in [-0.05, 0) is 28.0 Å². The Morgan fingerprint density at radius 2 is 1.89 bits per heavy atom. The summed E-state index contributed by atoms with van der Waals surface area (Å²) in [5.41, 5.74) is -0.722. The smallest absolute Gasteiger partial charge is 0.304 e. The Morgan fingerprint density at radius 1 is 1.22 bits per heavy atom. The molecule has 0 saturated carbocycles. The van der Waals surface area contributed by atoms with Gasteiger partial charge in [0.2, 0.25) is 0 Å². The van der Waals surface area contributed by atoms with Crippen LogP contribution in [0.5, 0.6) is 0 Å². The van der Waals surface area contributed by atoms with Gasteiger partial charge in [0, 0.05) is 11.6 Å². The first-order valence-corrected chi connectivity index (χ1v) is 10.7. The first-order valence-electron chi connectivity index (χ1n) is 7.71. The number of rotatable bonds is 8. The minimum atomic E-state index is -3.98. The SMILES string of the molecule is CCSc1nc(=O)n(CCS(=O)(=O)N=NN)c(=O)n1Cc1ccc(Cl)cc1. The number of sulfonamides is 1. The molecule has 0 atom stereocenters. The molecule has 0 bridgehead atoms. The molecule has 1 aromatic heterocycles. The molecule has 146 valence electrons. The molecule has 0 fully saturated rings. The zero-order chi connectivity index (χ0) is 20.0. The van der Waals surface area contributed by atoms with Gasteiger partial charge >= 0.3 is 11.4 Å². The summed E-state index contributed by atoms with van der Waals surface area (Å²) in [7, 11) is -3.98. The van der Waals surface area contributed by atoms with Crippen LogP contribution in [0.4, 0.5) is 0 Å². The Labute approximate surface area is 164 Å². The van der Waals surface area contributed by atoms with E-state index in [0.717, 1.165) is 10.1 Å². The second-order valence-corrected chi connectivity index (χ2v) is 8.64. The quantitative estimate of drug-likeness (QED) is 0.282. The molecule has 2 N–H and O–H groups in total. The van der Waals surface area contributed by atoms with E-state index >= 15 is 0 Å². The zero-order valence-corrected chi connectivity index (χ0v) is 16.7. The zero-order valence-electron chi connectivity index (χ0n) is 14.3. The largest absolute Gasteiger partial charge is 0.354 e. The van der Waals surface area contributed by atoms with E-state index < -0.39 is 33.7 Å². The molecule has 13 heteroatoms. The Bertz CT molecular complexity index is 1050. The van der Waals surface area contributed by atoms with Crippen molar-refractivity contribution >= 4 is 33.4 Å². The van der Waals surface area contributed by atoms with Gasteiger partial charge in [0.25, 0.3) is 10.0 Å². The standard InChI is InChI=1S/C14H17ClN6O4S2/c1-2-26-13-17-12(22)20(7-8-27(24,25)19-18-16)14(23)21(13)9-10-3-5-11(15)6-4-10/h3-6H,2,7-9H2,1H3,(H2,16,19). The fraction of sp³-hybridized carbons (Fsp3) is 0.357. The average Bonchev–Trinajstić information content (AvgIpc) is 2.60. The van der Waals surface area contributed by atoms with Crippen molar-refractivity contribution in [1.82, 2.24) is 14.1 Å². The van der Waals surface area contributed by atoms with E-state index in [1.807, 2.05) is 6.92 Å². The topological polar surface area (TPSA) is 142 Å². The molecular formula is C14H17ClN6O4S2. The lowest BCUT2D eigenvalue weighted by Crippen LogP contribution is -2.43. The minimum absolute atomic E-state index is 0.154. The van der Waals surface area contributed by atoms with E-state index in [0.29, 0.717) is 10.8 Å². The maximum Gasteiger partial charge on any atom is 0.354 e. The highest BCUT2D eigenvalue weighted by Crippen LogP contribution is 2.15. The van der Waals surface area contributed by atoms with Crippen molar-refractivity contribution < 1.29 is 8.42 Å². The third-order valence-corrected chi connectivity index (χ3v) is 5.54. The highest BCUT2D eigenvalue weighted by Gasteiger charge is 2.16. The number of hydrogen-bond donors (Lipinski definition) is 1. The van der Waals surface area contributed by atoms with Crippen molar-refractivity contribution in [3.05, 3.63) is 55.8 Å². The van der Waals surface area contributed by atoms with Crippen LogP contribution in [0.3, 0.4) is 0 Å². The van der Waals surface area contributed by atoms with Crippen molar-refractivity contribution in [3.63, 3.8) is 0 Å². The van der Waals surface area contributed by atoms with Crippen molar-refractivity contribution in [2.75, 3.05) is 11.5 Å². The molecule has 0 aliphatic carbocycles. The van der Waals surface area contributed by atoms with Crippen molar-refractivity contribution in [2.45, 2.75) is 25.2 Å². The minimum Gasteiger partial charge on any atom is -0.304 e. The molecule has 1 aromatic carbocycles. The Morgan fingerprint density at radius 3 is 2.48 bits per heavy atom. The van der Waals surface area contributed by atoms with Gasteiger partial charge in [-0.1, -0.05) is 47.6 Å². The molecule has 0 aliphatic heterocycles. The van der Waals surface area contributed by atoms with Crippen LogP contribution in [0, 0.1) is 0 Å². The van der Waals surface area contributed by atoms with Gasteiger partial charge in [-0.15, -0.1) is 0 Å². The van der Waals surface area contributed by atoms with Crippen LogP contribution in [0.15, 0.2) is 48.8 Å². The number of nitrogens with zero attached hydrogens (tertiary/aromatic N) is 5. The van der Waals surface area contributed by atoms with Crippen molar-refractivity contribution in [2.24, 2.45) is 15.6 Å². The van der Waals surface area contributed by atoms with Crippen LogP contribution in [0.2, 0.25) is 5.02 Å². The second kappa shape index (κ2) is 9.15. The molecule has 0 amide bonds. The van der Waals surface area contributed by atoms with Crippen LogP contribution < -0.4 is 17.2 Å². The lowest BCUT2D eigenvalue weighted by molar-refractivity contribution is 0.514. The summed E-state index contributed by atoms with van der Waals surface area (Å²) >= 11 is 7.11. The van der Waals surface area contributed by atoms with Gasteiger partial charge in [0.15, 0.2) is 5.16 Å². The van der Waals surface area contributed by atoms with Crippen LogP contribution >= 0.6 is 23.4 Å². The maximum atomic E-state index is 12.8. The molecule has 0 radical (unpaired) electrons. The second-order valence-electron chi connectivity index (χ2n) is 5.24. The molecule has 2 aromatic rings. The van der Waals surface area contributed by atoms with Gasteiger partial charge in [0.05, 0.1) is 12.3 Å². The van der Waals surface area contributed by atoms with Crippen LogP contribution in [-0.4, -0.2) is 34.0 Å². The highest BCUT2D eigenvalue weighted by molar-refractivity contribution is 7.99. The van der Waals surface area contributed by atoms with Crippen molar-refractivity contribution in [3.8, 4) is 0 Å². The predicted octanol–water partition coefficient (Wildman–Crippen LogP) is 0.874. The normalized spacial score (nSPS) is 11.9. The summed E-state index contributed by atoms with van der Waals surface area (Å²) in [5.74, 6) is 4.73. The Hall–Kier alpha value is -2.18. The number of benzene rings is 1. The third kappa shape index (κ3) is 5.65. The number of hydrogen-bond acceptors (Lipinski definition) is 7. The fourth-order valence-corrected chi connectivity index (χ4v) is 3.63. The van der Waals surface area contributed by atoms with E-state index in [9.17, 15) is 18.0 Å². The number of nitrogens with two attached hydrogens (primary N) is 1. The van der Waals surface area contributed by atoms with Gasteiger partial charge < -0.3 is 5.84 Å². The van der Waals surface area contributed by atoms with Crippen molar-refractivity contribution in [1.29, 1.82) is 0 Å². The number of thioether (sulfide) groups is 1. The first-order chi connectivity index (χ1) is 12.8. The van der Waals surface area contributed by atoms with Crippen LogP contribution in [0.25, 0.3) is 0 Å². The third-order valence-electron chi connectivity index (χ3n) is 3.39. The monoisotopic (exact) mass is 432 g/mol. The molecule has 0 aliphatic rings. The Kier molecular flexibility index (Phi) is 7.16. The number of aromatic nitrogens is 3. The van der Waals surface area contributed by atoms with Crippen LogP contribution in [0.1, 0.15) is 12.5 Å². The van der Waals surface area contributed by atoms with Gasteiger partial charge in [-0.3, -0.25) is 4.57 Å². The highest BCUT2D eigenvalue weighted by atomic mass is 35.5. The summed E-state index contributed by atoms with van der Waals surface area (Å²) in [4.78, 5) is 28.9. The van der Waals surface area contributed by atoms with Gasteiger partial charge in [-0.2, -0.15) is 4.98 Å².